The Bertz CT molecular complexity index is 481. The van der Waals surface area contributed by atoms with Crippen molar-refractivity contribution in [1.29, 1.82) is 0 Å². The van der Waals surface area contributed by atoms with Gasteiger partial charge in [0.15, 0.2) is 9.84 Å². The van der Waals surface area contributed by atoms with E-state index in [0.717, 1.165) is 26.3 Å². The highest BCUT2D eigenvalue weighted by molar-refractivity contribution is 7.91. The predicted molar refractivity (Wildman–Crippen MR) is 69.9 cm³/mol. The minimum atomic E-state index is -3.20. The molecule has 18 heavy (non-hydrogen) atoms. The molecule has 1 heterocycles. The van der Waals surface area contributed by atoms with Gasteiger partial charge in [-0.1, -0.05) is 11.6 Å². The normalized spacial score (nSPS) is 17.8. The number of hydrogen-bond acceptors (Lipinski definition) is 3. The number of benzene rings is 1. The van der Waals surface area contributed by atoms with Crippen molar-refractivity contribution in [3.05, 3.63) is 29.3 Å². The third-order valence-corrected chi connectivity index (χ3v) is 5.08. The maximum Gasteiger partial charge on any atom is 0.183 e. The Balaban J connectivity index is 1.96. The second-order valence-electron chi connectivity index (χ2n) is 4.39. The van der Waals surface area contributed by atoms with E-state index < -0.39 is 9.84 Å². The zero-order chi connectivity index (χ0) is 13.0. The fourth-order valence-corrected chi connectivity index (χ4v) is 3.42. The molecule has 1 saturated heterocycles. The number of morpholine rings is 1. The van der Waals surface area contributed by atoms with Gasteiger partial charge in [0.2, 0.25) is 0 Å². The second kappa shape index (κ2) is 6.02. The largest absolute Gasteiger partial charge is 0.370 e. The van der Waals surface area contributed by atoms with Gasteiger partial charge in [-0.15, -0.1) is 0 Å². The van der Waals surface area contributed by atoms with E-state index >= 15 is 0 Å². The van der Waals surface area contributed by atoms with Crippen molar-refractivity contribution < 1.29 is 18.1 Å². The van der Waals surface area contributed by atoms with E-state index in [4.69, 9.17) is 16.3 Å². The van der Waals surface area contributed by atoms with Crippen LogP contribution < -0.4 is 4.90 Å². The van der Waals surface area contributed by atoms with Crippen LogP contribution in [0.5, 0.6) is 0 Å². The number of sulfone groups is 1. The molecule has 0 aliphatic carbocycles. The molecule has 1 aliphatic heterocycles. The van der Waals surface area contributed by atoms with Crippen molar-refractivity contribution in [1.82, 2.24) is 0 Å². The summed E-state index contributed by atoms with van der Waals surface area (Å²) in [6.45, 7) is 3.84. The Labute approximate surface area is 112 Å². The minimum Gasteiger partial charge on any atom is -0.370 e. The molecule has 1 aromatic rings. The molecule has 0 unspecified atom stereocenters. The molecule has 1 aliphatic rings. The number of ether oxygens (including phenoxy) is 1. The van der Waals surface area contributed by atoms with Gasteiger partial charge in [-0.05, 0) is 24.3 Å². The molecule has 0 spiro atoms. The van der Waals surface area contributed by atoms with Crippen molar-refractivity contribution in [3.8, 4) is 0 Å². The molecule has 0 bridgehead atoms. The maximum atomic E-state index is 12.1. The highest BCUT2D eigenvalue weighted by Gasteiger charge is 2.20. The average molecular weight is 291 g/mol. The molecule has 4 nitrogen and oxygen atoms in total. The van der Waals surface area contributed by atoms with Crippen molar-refractivity contribution >= 4 is 21.4 Å². The zero-order valence-electron chi connectivity index (χ0n) is 10.1. The lowest BCUT2D eigenvalue weighted by molar-refractivity contribution is -0.905. The van der Waals surface area contributed by atoms with Gasteiger partial charge in [0, 0.05) is 5.02 Å². The summed E-state index contributed by atoms with van der Waals surface area (Å²) in [7, 11) is -3.20. The molecule has 6 heteroatoms. The van der Waals surface area contributed by atoms with Crippen molar-refractivity contribution in [3.63, 3.8) is 0 Å². The predicted octanol–water partition coefficient (Wildman–Crippen LogP) is 0.0288. The molecule has 1 N–H and O–H groups in total. The first-order chi connectivity index (χ1) is 8.58. The van der Waals surface area contributed by atoms with E-state index in [9.17, 15) is 8.42 Å². The van der Waals surface area contributed by atoms with Crippen LogP contribution in [0.3, 0.4) is 0 Å². The minimum absolute atomic E-state index is 0.171. The van der Waals surface area contributed by atoms with Crippen LogP contribution in [0.15, 0.2) is 29.2 Å². The lowest BCUT2D eigenvalue weighted by Gasteiger charge is -2.23. The summed E-state index contributed by atoms with van der Waals surface area (Å²) >= 11 is 5.75. The summed E-state index contributed by atoms with van der Waals surface area (Å²) < 4.78 is 29.4. The van der Waals surface area contributed by atoms with Gasteiger partial charge in [-0.25, -0.2) is 8.42 Å². The monoisotopic (exact) mass is 290 g/mol. The Hall–Kier alpha value is -0.620. The Kier molecular flexibility index (Phi) is 4.61. The third kappa shape index (κ3) is 3.68. The first-order valence-corrected chi connectivity index (χ1v) is 8.00. The van der Waals surface area contributed by atoms with Gasteiger partial charge >= 0.3 is 0 Å². The third-order valence-electron chi connectivity index (χ3n) is 3.10. The molecular weight excluding hydrogens is 274 g/mol. The van der Waals surface area contributed by atoms with Crippen molar-refractivity contribution in [2.75, 3.05) is 38.6 Å². The summed E-state index contributed by atoms with van der Waals surface area (Å²) in [6.07, 6.45) is 0. The summed E-state index contributed by atoms with van der Waals surface area (Å²) in [4.78, 5) is 1.64. The highest BCUT2D eigenvalue weighted by atomic mass is 35.5. The quantitative estimate of drug-likeness (QED) is 0.851. The molecule has 0 aromatic heterocycles. The molecule has 0 saturated carbocycles. The van der Waals surface area contributed by atoms with E-state index in [1.54, 1.807) is 24.3 Å². The zero-order valence-corrected chi connectivity index (χ0v) is 11.6. The van der Waals surface area contributed by atoms with Crippen LogP contribution in [0.25, 0.3) is 0 Å². The molecule has 0 amide bonds. The second-order valence-corrected chi connectivity index (χ2v) is 6.93. The molecule has 1 fully saturated rings. The van der Waals surface area contributed by atoms with Gasteiger partial charge in [-0.3, -0.25) is 0 Å². The molecule has 100 valence electrons. The smallest absolute Gasteiger partial charge is 0.183 e. The number of halogens is 1. The van der Waals surface area contributed by atoms with Gasteiger partial charge in [0.25, 0.3) is 0 Å². The summed E-state index contributed by atoms with van der Waals surface area (Å²) in [5, 5.41) is 0.549. The lowest BCUT2D eigenvalue weighted by atomic mass is 10.4. The van der Waals surface area contributed by atoms with Gasteiger partial charge in [0.1, 0.15) is 18.8 Å². The number of nitrogens with one attached hydrogen (secondary N) is 1. The van der Waals surface area contributed by atoms with Crippen molar-refractivity contribution in [2.24, 2.45) is 0 Å². The summed E-state index contributed by atoms with van der Waals surface area (Å²) in [5.41, 5.74) is 0. The first kappa shape index (κ1) is 13.8. The van der Waals surface area contributed by atoms with Crippen LogP contribution in [-0.4, -0.2) is 47.0 Å². The molecule has 0 atom stereocenters. The van der Waals surface area contributed by atoms with Crippen LogP contribution in [0.4, 0.5) is 0 Å². The first-order valence-electron chi connectivity index (χ1n) is 5.97. The maximum absolute atomic E-state index is 12.1. The lowest BCUT2D eigenvalue weighted by Crippen LogP contribution is -3.14. The van der Waals surface area contributed by atoms with Gasteiger partial charge in [-0.2, -0.15) is 0 Å². The topological polar surface area (TPSA) is 47.8 Å². The fraction of sp³-hybridized carbons (Fsp3) is 0.500. The molecule has 1 aromatic carbocycles. The number of rotatable bonds is 4. The standard InChI is InChI=1S/C12H16ClNO3S/c13-11-1-3-12(4-2-11)18(15,16)10-7-14-5-8-17-9-6-14/h1-4H,5-10H2/p+1. The molecule has 0 radical (unpaired) electrons. The highest BCUT2D eigenvalue weighted by Crippen LogP contribution is 2.14. The fourth-order valence-electron chi connectivity index (χ4n) is 1.95. The van der Waals surface area contributed by atoms with Gasteiger partial charge < -0.3 is 9.64 Å². The Morgan fingerprint density at radius 2 is 1.78 bits per heavy atom. The molecular formula is C12H17ClNO3S+. The van der Waals surface area contributed by atoms with Crippen LogP contribution in [0, 0.1) is 0 Å². The average Bonchev–Trinajstić information content (AvgIpc) is 2.38. The van der Waals surface area contributed by atoms with E-state index in [2.05, 4.69) is 0 Å². The molecule has 2 rings (SSSR count). The van der Waals surface area contributed by atoms with E-state index in [1.807, 2.05) is 0 Å². The van der Waals surface area contributed by atoms with Crippen LogP contribution in [-0.2, 0) is 14.6 Å². The summed E-state index contributed by atoms with van der Waals surface area (Å²) in [6, 6.07) is 6.34. The number of quaternary nitrogens is 1. The van der Waals surface area contributed by atoms with E-state index in [-0.39, 0.29) is 5.75 Å². The van der Waals surface area contributed by atoms with E-state index in [0.29, 0.717) is 16.5 Å². The van der Waals surface area contributed by atoms with Crippen LogP contribution in [0.1, 0.15) is 0 Å². The number of hydrogen-bond donors (Lipinski definition) is 1. The Morgan fingerprint density at radius 3 is 2.39 bits per heavy atom. The van der Waals surface area contributed by atoms with Gasteiger partial charge in [0.05, 0.1) is 24.7 Å². The van der Waals surface area contributed by atoms with Crippen LogP contribution >= 0.6 is 11.6 Å². The van der Waals surface area contributed by atoms with Crippen LogP contribution in [0.2, 0.25) is 5.02 Å². The SMILES string of the molecule is O=S(=O)(CC[NH+]1CCOCC1)c1ccc(Cl)cc1. The summed E-state index contributed by atoms with van der Waals surface area (Å²) in [5.74, 6) is 0.171. The van der Waals surface area contributed by atoms with E-state index in [1.165, 1.54) is 4.90 Å². The Morgan fingerprint density at radius 1 is 1.17 bits per heavy atom. The van der Waals surface area contributed by atoms with Crippen molar-refractivity contribution in [2.45, 2.75) is 4.90 Å².